The summed E-state index contributed by atoms with van der Waals surface area (Å²) in [5, 5.41) is 0. The normalized spacial score (nSPS) is 17.8. The Labute approximate surface area is 201 Å². The molecule has 0 fully saturated rings. The van der Waals surface area contributed by atoms with E-state index < -0.39 is 0 Å². The van der Waals surface area contributed by atoms with Crippen molar-refractivity contribution in [2.45, 2.75) is 24.9 Å². The maximum atomic E-state index is 6.14. The van der Waals surface area contributed by atoms with Crippen LogP contribution in [0.3, 0.4) is 0 Å². The van der Waals surface area contributed by atoms with E-state index in [9.17, 15) is 0 Å². The topological polar surface area (TPSA) is 15.6 Å². The molecule has 0 spiro atoms. The highest BCUT2D eigenvalue weighted by Crippen LogP contribution is 2.44. The Balaban J connectivity index is 1.66. The molecular formula is C30H27ClN2. The van der Waals surface area contributed by atoms with Crippen molar-refractivity contribution in [2.24, 2.45) is 4.99 Å². The van der Waals surface area contributed by atoms with Gasteiger partial charge in [0.2, 0.25) is 0 Å². The summed E-state index contributed by atoms with van der Waals surface area (Å²) in [7, 11) is 0. The van der Waals surface area contributed by atoms with Gasteiger partial charge in [0.1, 0.15) is 11.9 Å². The van der Waals surface area contributed by atoms with Crippen molar-refractivity contribution < 1.29 is 0 Å². The Kier molecular flexibility index (Phi) is 6.28. The minimum Gasteiger partial charge on any atom is -0.347 e. The summed E-state index contributed by atoms with van der Waals surface area (Å²) >= 11 is 6.14. The van der Waals surface area contributed by atoms with E-state index in [4.69, 9.17) is 16.6 Å². The van der Waals surface area contributed by atoms with Crippen LogP contribution in [0.4, 0.5) is 0 Å². The summed E-state index contributed by atoms with van der Waals surface area (Å²) in [5.74, 6) is 1.55. The first kappa shape index (κ1) is 21.5. The van der Waals surface area contributed by atoms with Gasteiger partial charge >= 0.3 is 0 Å². The molecule has 0 saturated heterocycles. The summed E-state index contributed by atoms with van der Waals surface area (Å²) in [4.78, 5) is 7.84. The molecule has 0 aliphatic carbocycles. The molecule has 2 unspecified atom stereocenters. The van der Waals surface area contributed by atoms with Gasteiger partial charge in [0.15, 0.2) is 0 Å². The molecule has 0 saturated carbocycles. The Morgan fingerprint density at radius 1 is 0.727 bits per heavy atom. The number of halogens is 1. The fraction of sp³-hybridized carbons (Fsp3) is 0.167. The lowest BCUT2D eigenvalue weighted by Crippen LogP contribution is -2.32. The minimum atomic E-state index is 0.0331. The standard InChI is InChI=1S/C30H27ClN2/c1-2-33-29(24-15-7-4-8-16-24)28(23-13-5-3-6-14-23)32-30(33)27-19-10-9-18-26(27)25-17-11-12-22(20-25)21-31/h3-20,28-29H,2,21H2,1H3. The van der Waals surface area contributed by atoms with E-state index in [-0.39, 0.29) is 12.1 Å². The molecule has 0 amide bonds. The van der Waals surface area contributed by atoms with Gasteiger partial charge in [-0.2, -0.15) is 0 Å². The molecule has 2 atom stereocenters. The molecule has 33 heavy (non-hydrogen) atoms. The molecule has 1 heterocycles. The third-order valence-corrected chi connectivity index (χ3v) is 6.66. The molecule has 2 nitrogen and oxygen atoms in total. The van der Waals surface area contributed by atoms with Crippen LogP contribution in [-0.2, 0) is 5.88 Å². The van der Waals surface area contributed by atoms with Crippen LogP contribution in [0.2, 0.25) is 0 Å². The largest absolute Gasteiger partial charge is 0.347 e. The number of alkyl halides is 1. The third-order valence-electron chi connectivity index (χ3n) is 6.35. The predicted molar refractivity (Wildman–Crippen MR) is 139 cm³/mol. The summed E-state index contributed by atoms with van der Waals surface area (Å²) in [5.41, 5.74) is 7.15. The van der Waals surface area contributed by atoms with Gasteiger partial charge in [-0.25, -0.2) is 0 Å². The van der Waals surface area contributed by atoms with E-state index in [0.29, 0.717) is 5.88 Å². The molecule has 3 heteroatoms. The maximum Gasteiger partial charge on any atom is 0.132 e. The molecule has 4 aromatic carbocycles. The Bertz CT molecular complexity index is 1250. The molecule has 0 radical (unpaired) electrons. The van der Waals surface area contributed by atoms with E-state index in [2.05, 4.69) is 121 Å². The highest BCUT2D eigenvalue weighted by atomic mass is 35.5. The van der Waals surface area contributed by atoms with E-state index in [1.54, 1.807) is 0 Å². The number of nitrogens with zero attached hydrogens (tertiary/aromatic N) is 2. The molecule has 4 aromatic rings. The second kappa shape index (κ2) is 9.64. The van der Waals surface area contributed by atoms with E-state index in [0.717, 1.165) is 23.5 Å². The minimum absolute atomic E-state index is 0.0331. The zero-order valence-electron chi connectivity index (χ0n) is 18.7. The SMILES string of the molecule is CCN1C(c2ccccc2-c2cccc(CCl)c2)=NC(c2ccccc2)C1c1ccccc1. The lowest BCUT2D eigenvalue weighted by molar-refractivity contribution is 0.325. The maximum absolute atomic E-state index is 6.14. The van der Waals surface area contributed by atoms with Crippen LogP contribution in [0, 0.1) is 0 Å². The van der Waals surface area contributed by atoms with Crippen LogP contribution < -0.4 is 0 Å². The summed E-state index contributed by atoms with van der Waals surface area (Å²) < 4.78 is 0. The predicted octanol–water partition coefficient (Wildman–Crippen LogP) is 7.66. The van der Waals surface area contributed by atoms with Crippen molar-refractivity contribution in [2.75, 3.05) is 6.54 Å². The second-order valence-electron chi connectivity index (χ2n) is 8.33. The Hall–Kier alpha value is -3.36. The Morgan fingerprint density at radius 2 is 1.36 bits per heavy atom. The quantitative estimate of drug-likeness (QED) is 0.275. The van der Waals surface area contributed by atoms with Crippen molar-refractivity contribution in [3.8, 4) is 11.1 Å². The highest BCUT2D eigenvalue weighted by molar-refractivity contribution is 6.17. The highest BCUT2D eigenvalue weighted by Gasteiger charge is 2.38. The molecule has 1 aliphatic rings. The number of rotatable bonds is 6. The average Bonchev–Trinajstić information content (AvgIpc) is 3.29. The van der Waals surface area contributed by atoms with Crippen LogP contribution in [-0.4, -0.2) is 17.3 Å². The number of aliphatic imine (C=N–C) groups is 1. The monoisotopic (exact) mass is 450 g/mol. The smallest absolute Gasteiger partial charge is 0.132 e. The summed E-state index contributed by atoms with van der Waals surface area (Å²) in [6.07, 6.45) is 0. The van der Waals surface area contributed by atoms with Gasteiger partial charge < -0.3 is 4.90 Å². The van der Waals surface area contributed by atoms with Crippen molar-refractivity contribution in [1.29, 1.82) is 0 Å². The van der Waals surface area contributed by atoms with Crippen LogP contribution >= 0.6 is 11.6 Å². The van der Waals surface area contributed by atoms with E-state index >= 15 is 0 Å². The van der Waals surface area contributed by atoms with Gasteiger partial charge in [0.25, 0.3) is 0 Å². The second-order valence-corrected chi connectivity index (χ2v) is 8.60. The van der Waals surface area contributed by atoms with Crippen LogP contribution in [0.15, 0.2) is 114 Å². The number of hydrogen-bond acceptors (Lipinski definition) is 2. The zero-order chi connectivity index (χ0) is 22.6. The lowest BCUT2D eigenvalue weighted by atomic mass is 9.93. The van der Waals surface area contributed by atoms with Gasteiger partial charge in [-0.15, -0.1) is 11.6 Å². The molecular weight excluding hydrogens is 424 g/mol. The third kappa shape index (κ3) is 4.19. The van der Waals surface area contributed by atoms with E-state index in [1.807, 2.05) is 0 Å². The molecule has 0 N–H and O–H groups in total. The summed E-state index contributed by atoms with van der Waals surface area (Å²) in [6, 6.07) is 38.7. The Morgan fingerprint density at radius 3 is 2.03 bits per heavy atom. The van der Waals surface area contributed by atoms with Gasteiger partial charge in [0, 0.05) is 18.0 Å². The molecule has 0 aromatic heterocycles. The van der Waals surface area contributed by atoms with Crippen molar-refractivity contribution >= 4 is 17.4 Å². The lowest BCUT2D eigenvalue weighted by Gasteiger charge is -2.30. The van der Waals surface area contributed by atoms with Crippen LogP contribution in [0.1, 0.15) is 41.3 Å². The number of amidine groups is 1. The average molecular weight is 451 g/mol. The van der Waals surface area contributed by atoms with Crippen molar-refractivity contribution in [3.05, 3.63) is 131 Å². The molecule has 0 bridgehead atoms. The molecule has 164 valence electrons. The van der Waals surface area contributed by atoms with Gasteiger partial charge in [-0.05, 0) is 40.8 Å². The molecule has 5 rings (SSSR count). The van der Waals surface area contributed by atoms with Crippen LogP contribution in [0.25, 0.3) is 11.1 Å². The number of likely N-dealkylation sites (N-methyl/N-ethyl adjacent to an activating group) is 1. The van der Waals surface area contributed by atoms with Crippen LogP contribution in [0.5, 0.6) is 0 Å². The number of benzene rings is 4. The first-order valence-electron chi connectivity index (χ1n) is 11.5. The fourth-order valence-corrected chi connectivity index (χ4v) is 4.99. The first-order valence-corrected chi connectivity index (χ1v) is 12.0. The van der Waals surface area contributed by atoms with Crippen molar-refractivity contribution in [1.82, 2.24) is 4.90 Å². The van der Waals surface area contributed by atoms with Gasteiger partial charge in [-0.3, -0.25) is 4.99 Å². The van der Waals surface area contributed by atoms with E-state index in [1.165, 1.54) is 22.3 Å². The van der Waals surface area contributed by atoms with Gasteiger partial charge in [0.05, 0.1) is 6.04 Å². The number of hydrogen-bond donors (Lipinski definition) is 0. The zero-order valence-corrected chi connectivity index (χ0v) is 19.5. The summed E-state index contributed by atoms with van der Waals surface area (Å²) in [6.45, 7) is 3.09. The van der Waals surface area contributed by atoms with Gasteiger partial charge in [-0.1, -0.05) is 103 Å². The molecule has 1 aliphatic heterocycles. The first-order chi connectivity index (χ1) is 16.3. The fourth-order valence-electron chi connectivity index (χ4n) is 4.82. The van der Waals surface area contributed by atoms with Crippen molar-refractivity contribution in [3.63, 3.8) is 0 Å².